The maximum Gasteiger partial charge on any atom is 0.228 e. The molecule has 0 saturated carbocycles. The molecule has 6 heteroatoms. The molecule has 1 amide bonds. The number of hydrogen-bond donors (Lipinski definition) is 1. The molecule has 0 atom stereocenters. The summed E-state index contributed by atoms with van der Waals surface area (Å²) in [7, 11) is 1.57. The normalized spacial score (nSPS) is 12.6. The van der Waals surface area contributed by atoms with Crippen molar-refractivity contribution < 1.29 is 19.0 Å². The van der Waals surface area contributed by atoms with E-state index in [2.05, 4.69) is 21.2 Å². The highest BCUT2D eigenvalue weighted by Gasteiger charge is 2.17. The first kappa shape index (κ1) is 15.7. The zero-order valence-corrected chi connectivity index (χ0v) is 14.2. The molecule has 1 aliphatic rings. The molecule has 0 saturated heterocycles. The van der Waals surface area contributed by atoms with Gasteiger partial charge in [0.25, 0.3) is 0 Å². The van der Waals surface area contributed by atoms with E-state index in [1.807, 2.05) is 24.3 Å². The maximum atomic E-state index is 12.3. The molecule has 0 aromatic heterocycles. The third-order valence-corrected chi connectivity index (χ3v) is 4.18. The van der Waals surface area contributed by atoms with Gasteiger partial charge in [-0.15, -0.1) is 0 Å². The zero-order valence-electron chi connectivity index (χ0n) is 12.6. The van der Waals surface area contributed by atoms with Gasteiger partial charge in [0.15, 0.2) is 11.5 Å². The van der Waals surface area contributed by atoms with Gasteiger partial charge in [0.05, 0.1) is 19.2 Å². The molecule has 2 aromatic carbocycles. The third kappa shape index (κ3) is 3.59. The number of benzene rings is 2. The lowest BCUT2D eigenvalue weighted by Crippen LogP contribution is -2.17. The minimum atomic E-state index is -0.133. The van der Waals surface area contributed by atoms with Crippen LogP contribution in [0.4, 0.5) is 5.69 Å². The van der Waals surface area contributed by atoms with E-state index in [0.717, 1.165) is 10.0 Å². The van der Waals surface area contributed by atoms with Crippen LogP contribution >= 0.6 is 15.9 Å². The van der Waals surface area contributed by atoms with E-state index in [0.29, 0.717) is 36.1 Å². The molecule has 23 heavy (non-hydrogen) atoms. The Morgan fingerprint density at radius 2 is 1.91 bits per heavy atom. The van der Waals surface area contributed by atoms with Gasteiger partial charge in [0, 0.05) is 4.47 Å². The van der Waals surface area contributed by atoms with Crippen molar-refractivity contribution >= 4 is 27.5 Å². The van der Waals surface area contributed by atoms with Gasteiger partial charge in [0.2, 0.25) is 5.91 Å². The smallest absolute Gasteiger partial charge is 0.228 e. The second kappa shape index (κ2) is 6.91. The molecule has 1 heterocycles. The second-order valence-corrected chi connectivity index (χ2v) is 5.87. The first-order valence-electron chi connectivity index (χ1n) is 7.18. The molecule has 0 fully saturated rings. The average molecular weight is 378 g/mol. The first-order valence-corrected chi connectivity index (χ1v) is 7.97. The number of carbonyl (C=O) groups excluding carboxylic acids is 1. The standard InChI is InChI=1S/C17H16BrNO4/c1-21-14-5-3-2-4-13(14)19-17(20)9-11-8-15-16(10-12(11)18)23-7-6-22-15/h2-5,8,10H,6-7,9H2,1H3,(H,19,20). The summed E-state index contributed by atoms with van der Waals surface area (Å²) >= 11 is 3.48. The Morgan fingerprint density at radius 1 is 1.22 bits per heavy atom. The minimum absolute atomic E-state index is 0.133. The third-order valence-electron chi connectivity index (χ3n) is 3.44. The fourth-order valence-electron chi connectivity index (χ4n) is 2.36. The number of methoxy groups -OCH3 is 1. The molecule has 5 nitrogen and oxygen atoms in total. The predicted octanol–water partition coefficient (Wildman–Crippen LogP) is 3.41. The summed E-state index contributed by atoms with van der Waals surface area (Å²) in [6.07, 6.45) is 0.218. The highest BCUT2D eigenvalue weighted by atomic mass is 79.9. The predicted molar refractivity (Wildman–Crippen MR) is 90.5 cm³/mol. The largest absolute Gasteiger partial charge is 0.495 e. The van der Waals surface area contributed by atoms with Crippen molar-refractivity contribution in [2.45, 2.75) is 6.42 Å². The van der Waals surface area contributed by atoms with Crippen molar-refractivity contribution in [2.24, 2.45) is 0 Å². The molecule has 0 spiro atoms. The van der Waals surface area contributed by atoms with Gasteiger partial charge in [-0.2, -0.15) is 0 Å². The van der Waals surface area contributed by atoms with Crippen LogP contribution in [0.1, 0.15) is 5.56 Å². The lowest BCUT2D eigenvalue weighted by atomic mass is 10.1. The van der Waals surface area contributed by atoms with E-state index in [9.17, 15) is 4.79 Å². The topological polar surface area (TPSA) is 56.8 Å². The van der Waals surface area contributed by atoms with E-state index in [1.165, 1.54) is 0 Å². The molecule has 1 aliphatic heterocycles. The first-order chi connectivity index (χ1) is 11.2. The number of ether oxygens (including phenoxy) is 3. The molecule has 3 rings (SSSR count). The summed E-state index contributed by atoms with van der Waals surface area (Å²) in [5.41, 5.74) is 1.48. The molecule has 0 bridgehead atoms. The zero-order chi connectivity index (χ0) is 16.2. The minimum Gasteiger partial charge on any atom is -0.495 e. The van der Waals surface area contributed by atoms with Gasteiger partial charge in [-0.3, -0.25) is 4.79 Å². The molecular weight excluding hydrogens is 362 g/mol. The Bertz CT molecular complexity index is 733. The number of amides is 1. The van der Waals surface area contributed by atoms with Crippen LogP contribution in [0.5, 0.6) is 17.2 Å². The molecule has 1 N–H and O–H groups in total. The second-order valence-electron chi connectivity index (χ2n) is 5.01. The van der Waals surface area contributed by atoms with Gasteiger partial charge in [-0.05, 0) is 29.8 Å². The number of rotatable bonds is 4. The lowest BCUT2D eigenvalue weighted by Gasteiger charge is -2.20. The van der Waals surface area contributed by atoms with Crippen molar-refractivity contribution in [1.82, 2.24) is 0 Å². The SMILES string of the molecule is COc1ccccc1NC(=O)Cc1cc2c(cc1Br)OCCO2. The van der Waals surface area contributed by atoms with Crippen molar-refractivity contribution in [3.63, 3.8) is 0 Å². The number of carbonyl (C=O) groups is 1. The van der Waals surface area contributed by atoms with Gasteiger partial charge >= 0.3 is 0 Å². The van der Waals surface area contributed by atoms with Gasteiger partial charge in [-0.25, -0.2) is 0 Å². The van der Waals surface area contributed by atoms with Crippen LogP contribution in [-0.2, 0) is 11.2 Å². The summed E-state index contributed by atoms with van der Waals surface area (Å²) in [5, 5.41) is 2.86. The number of fused-ring (bicyclic) bond motifs is 1. The van der Waals surface area contributed by atoms with Crippen LogP contribution in [0.3, 0.4) is 0 Å². The van der Waals surface area contributed by atoms with Gasteiger partial charge < -0.3 is 19.5 Å². The summed E-state index contributed by atoms with van der Waals surface area (Å²) in [6.45, 7) is 1.05. The Labute approximate surface area is 142 Å². The Balaban J connectivity index is 1.75. The molecule has 0 radical (unpaired) electrons. The number of anilines is 1. The maximum absolute atomic E-state index is 12.3. The van der Waals surface area contributed by atoms with Crippen molar-refractivity contribution in [2.75, 3.05) is 25.6 Å². The van der Waals surface area contributed by atoms with Crippen LogP contribution < -0.4 is 19.5 Å². The van der Waals surface area contributed by atoms with E-state index in [4.69, 9.17) is 14.2 Å². The van der Waals surface area contributed by atoms with E-state index in [-0.39, 0.29) is 12.3 Å². The van der Waals surface area contributed by atoms with Gasteiger partial charge in [-0.1, -0.05) is 28.1 Å². The number of halogens is 1. The molecule has 0 aliphatic carbocycles. The Kier molecular flexibility index (Phi) is 4.71. The molecular formula is C17H16BrNO4. The molecule has 120 valence electrons. The summed E-state index contributed by atoms with van der Waals surface area (Å²) < 4.78 is 17.1. The van der Waals surface area contributed by atoms with Crippen molar-refractivity contribution in [3.05, 3.63) is 46.4 Å². The summed E-state index contributed by atoms with van der Waals surface area (Å²) in [5.74, 6) is 1.85. The fourth-order valence-corrected chi connectivity index (χ4v) is 2.82. The van der Waals surface area contributed by atoms with Crippen LogP contribution in [0, 0.1) is 0 Å². The van der Waals surface area contributed by atoms with Crippen LogP contribution in [0.25, 0.3) is 0 Å². The fraction of sp³-hybridized carbons (Fsp3) is 0.235. The highest BCUT2D eigenvalue weighted by Crippen LogP contribution is 2.36. The quantitative estimate of drug-likeness (QED) is 0.886. The summed E-state index contributed by atoms with van der Waals surface area (Å²) in [6, 6.07) is 11.0. The number of hydrogen-bond acceptors (Lipinski definition) is 4. The number of nitrogens with one attached hydrogen (secondary N) is 1. The van der Waals surface area contributed by atoms with Crippen molar-refractivity contribution in [1.29, 1.82) is 0 Å². The van der Waals surface area contributed by atoms with Crippen molar-refractivity contribution in [3.8, 4) is 17.2 Å². The van der Waals surface area contributed by atoms with E-state index >= 15 is 0 Å². The van der Waals surface area contributed by atoms with E-state index < -0.39 is 0 Å². The lowest BCUT2D eigenvalue weighted by molar-refractivity contribution is -0.115. The van der Waals surface area contributed by atoms with Crippen LogP contribution in [-0.4, -0.2) is 26.2 Å². The van der Waals surface area contributed by atoms with Gasteiger partial charge in [0.1, 0.15) is 19.0 Å². The molecule has 0 unspecified atom stereocenters. The number of para-hydroxylation sites is 2. The highest BCUT2D eigenvalue weighted by molar-refractivity contribution is 9.10. The Morgan fingerprint density at radius 3 is 2.65 bits per heavy atom. The average Bonchev–Trinajstić information content (AvgIpc) is 2.56. The summed E-state index contributed by atoms with van der Waals surface area (Å²) in [4.78, 5) is 12.3. The van der Waals surface area contributed by atoms with E-state index in [1.54, 1.807) is 19.2 Å². The van der Waals surface area contributed by atoms with Crippen LogP contribution in [0.2, 0.25) is 0 Å². The van der Waals surface area contributed by atoms with Crippen LogP contribution in [0.15, 0.2) is 40.9 Å². The monoisotopic (exact) mass is 377 g/mol. The molecule has 2 aromatic rings. The Hall–Kier alpha value is -2.21.